The van der Waals surface area contributed by atoms with Crippen LogP contribution in [0.1, 0.15) is 88.0 Å². The number of nitrogens with one attached hydrogen (secondary N) is 4. The third-order valence-electron chi connectivity index (χ3n) is 9.22. The zero-order valence-corrected chi connectivity index (χ0v) is 28.1. The normalized spacial score (nSPS) is 20.1. The molecule has 1 saturated carbocycles. The molecule has 13 heteroatoms. The monoisotopic (exact) mass is 696 g/mol. The van der Waals surface area contributed by atoms with Gasteiger partial charge in [0.1, 0.15) is 17.9 Å². The van der Waals surface area contributed by atoms with Gasteiger partial charge in [-0.3, -0.25) is 34.2 Å². The van der Waals surface area contributed by atoms with Gasteiger partial charge in [-0.1, -0.05) is 11.6 Å². The minimum atomic E-state index is -0.988. The summed E-state index contributed by atoms with van der Waals surface area (Å²) in [5.74, 6) is -1.56. The van der Waals surface area contributed by atoms with Crippen molar-refractivity contribution in [2.24, 2.45) is 0 Å². The lowest BCUT2D eigenvalue weighted by Crippen LogP contribution is -2.54. The van der Waals surface area contributed by atoms with Crippen LogP contribution in [-0.2, 0) is 9.59 Å². The summed E-state index contributed by atoms with van der Waals surface area (Å²) in [4.78, 5) is 63.5. The van der Waals surface area contributed by atoms with Crippen LogP contribution < -0.4 is 26.0 Å². The Hall–Kier alpha value is -5.41. The molecule has 1 unspecified atom stereocenters. The summed E-state index contributed by atoms with van der Waals surface area (Å²) < 4.78 is 6.05. The minimum absolute atomic E-state index is 0.0323. The first-order valence-electron chi connectivity index (χ1n) is 16.8. The van der Waals surface area contributed by atoms with E-state index in [0.717, 1.165) is 55.7 Å². The lowest BCUT2D eigenvalue weighted by Gasteiger charge is -2.29. The molecule has 2 heterocycles. The zero-order valence-electron chi connectivity index (χ0n) is 27.3. The summed E-state index contributed by atoms with van der Waals surface area (Å²) >= 11 is 6.12. The number of ether oxygens (including phenoxy) is 1. The molecule has 12 nitrogen and oxygen atoms in total. The Balaban J connectivity index is 0.879. The molecule has 5 amide bonds. The Morgan fingerprint density at radius 2 is 1.54 bits per heavy atom. The molecule has 1 atom stereocenters. The van der Waals surface area contributed by atoms with Gasteiger partial charge in [0, 0.05) is 48.6 Å². The Kier molecular flexibility index (Phi) is 10.6. The van der Waals surface area contributed by atoms with Crippen LogP contribution in [0, 0.1) is 11.3 Å². The lowest BCUT2D eigenvalue weighted by atomic mass is 9.92. The molecule has 0 aromatic heterocycles. The maximum atomic E-state index is 13.0. The molecule has 6 rings (SSSR count). The third-order valence-corrected chi connectivity index (χ3v) is 9.53. The highest BCUT2D eigenvalue weighted by atomic mass is 35.5. The van der Waals surface area contributed by atoms with Gasteiger partial charge in [-0.15, -0.1) is 0 Å². The van der Waals surface area contributed by atoms with E-state index in [0.29, 0.717) is 34.1 Å². The molecule has 258 valence electrons. The summed E-state index contributed by atoms with van der Waals surface area (Å²) in [7, 11) is 0. The standard InChI is InChI=1S/C37H37ClN6O6/c38-31-20-28(11-5-23(31)21-39)50-27-12-8-25(9-13-27)42-34(46)22-3-6-24(7-4-22)40-17-1-2-18-41-26-10-14-29-30(19-26)37(49)44(36(29)48)32-15-16-33(45)43-35(32)47/h3-7,10-11,14,19-20,25,27,32,40-41H,1-2,8-9,12-13,15-18H2,(H,42,46)(H,43,45,47). The van der Waals surface area contributed by atoms with Crippen molar-refractivity contribution in [3.05, 3.63) is 87.9 Å². The fourth-order valence-corrected chi connectivity index (χ4v) is 6.69. The van der Waals surface area contributed by atoms with Crippen molar-refractivity contribution < 1.29 is 28.7 Å². The van der Waals surface area contributed by atoms with Crippen LogP contribution >= 0.6 is 11.6 Å². The smallest absolute Gasteiger partial charge is 0.262 e. The number of nitriles is 1. The molecule has 3 aliphatic rings. The number of hydrogen-bond donors (Lipinski definition) is 4. The topological polar surface area (TPSA) is 170 Å². The largest absolute Gasteiger partial charge is 0.490 e. The van der Waals surface area contributed by atoms with Crippen LogP contribution in [0.2, 0.25) is 5.02 Å². The van der Waals surface area contributed by atoms with Crippen LogP contribution in [-0.4, -0.2) is 65.7 Å². The van der Waals surface area contributed by atoms with E-state index >= 15 is 0 Å². The number of anilines is 2. The SMILES string of the molecule is N#Cc1ccc(OC2CCC(NC(=O)c3ccc(NCCCCNc4ccc5c(c4)C(=O)N(C4CCC(=O)NC4=O)C5=O)cc3)CC2)cc1Cl. The number of carbonyl (C=O) groups is 5. The number of rotatable bonds is 12. The molecule has 3 aromatic carbocycles. The van der Waals surface area contributed by atoms with E-state index in [-0.39, 0.29) is 42.0 Å². The summed E-state index contributed by atoms with van der Waals surface area (Å²) in [6, 6.07) is 18.6. The van der Waals surface area contributed by atoms with Gasteiger partial charge in [0.25, 0.3) is 17.7 Å². The van der Waals surface area contributed by atoms with Crippen molar-refractivity contribution in [2.45, 2.75) is 69.6 Å². The van der Waals surface area contributed by atoms with Crippen molar-refractivity contribution in [3.8, 4) is 11.8 Å². The van der Waals surface area contributed by atoms with Crippen molar-refractivity contribution in [1.29, 1.82) is 5.26 Å². The van der Waals surface area contributed by atoms with E-state index < -0.39 is 29.7 Å². The van der Waals surface area contributed by atoms with E-state index in [1.165, 1.54) is 0 Å². The lowest BCUT2D eigenvalue weighted by molar-refractivity contribution is -0.136. The van der Waals surface area contributed by atoms with Crippen molar-refractivity contribution in [2.75, 3.05) is 23.7 Å². The van der Waals surface area contributed by atoms with E-state index in [1.807, 2.05) is 30.3 Å². The number of piperidine rings is 1. The number of fused-ring (bicyclic) bond motifs is 1. The second kappa shape index (κ2) is 15.4. The van der Waals surface area contributed by atoms with Crippen LogP contribution in [0.4, 0.5) is 11.4 Å². The van der Waals surface area contributed by atoms with Gasteiger partial charge in [-0.2, -0.15) is 5.26 Å². The van der Waals surface area contributed by atoms with E-state index in [4.69, 9.17) is 21.6 Å². The van der Waals surface area contributed by atoms with Crippen LogP contribution in [0.3, 0.4) is 0 Å². The van der Waals surface area contributed by atoms with Gasteiger partial charge in [-0.25, -0.2) is 0 Å². The molecule has 2 fully saturated rings. The Morgan fingerprint density at radius 3 is 2.22 bits per heavy atom. The molecular weight excluding hydrogens is 660 g/mol. The first-order valence-corrected chi connectivity index (χ1v) is 17.2. The zero-order chi connectivity index (χ0) is 35.2. The van der Waals surface area contributed by atoms with E-state index in [2.05, 4.69) is 21.3 Å². The first-order chi connectivity index (χ1) is 24.2. The Morgan fingerprint density at radius 1 is 0.860 bits per heavy atom. The fraction of sp³-hybridized carbons (Fsp3) is 0.351. The van der Waals surface area contributed by atoms with Gasteiger partial charge < -0.3 is 20.7 Å². The van der Waals surface area contributed by atoms with Crippen molar-refractivity contribution in [3.63, 3.8) is 0 Å². The molecule has 3 aromatic rings. The van der Waals surface area contributed by atoms with Gasteiger partial charge >= 0.3 is 0 Å². The number of unbranched alkanes of at least 4 members (excludes halogenated alkanes) is 1. The molecule has 4 N–H and O–H groups in total. The molecule has 0 bridgehead atoms. The second-order valence-electron chi connectivity index (χ2n) is 12.7. The summed E-state index contributed by atoms with van der Waals surface area (Å²) in [6.07, 6.45) is 5.16. The maximum absolute atomic E-state index is 13.0. The Labute approximate surface area is 294 Å². The summed E-state index contributed by atoms with van der Waals surface area (Å²) in [6.45, 7) is 1.38. The fourth-order valence-electron chi connectivity index (χ4n) is 6.48. The number of benzene rings is 3. The average Bonchev–Trinajstić information content (AvgIpc) is 3.35. The predicted molar refractivity (Wildman–Crippen MR) is 186 cm³/mol. The Bertz CT molecular complexity index is 1850. The minimum Gasteiger partial charge on any atom is -0.490 e. The highest BCUT2D eigenvalue weighted by Crippen LogP contribution is 2.30. The van der Waals surface area contributed by atoms with Crippen LogP contribution in [0.25, 0.3) is 0 Å². The van der Waals surface area contributed by atoms with Gasteiger partial charge in [0.05, 0.1) is 27.8 Å². The predicted octanol–water partition coefficient (Wildman–Crippen LogP) is 5.04. The van der Waals surface area contributed by atoms with E-state index in [1.54, 1.807) is 36.4 Å². The number of carbonyl (C=O) groups excluding carboxylic acids is 5. The number of nitrogens with zero attached hydrogens (tertiary/aromatic N) is 2. The van der Waals surface area contributed by atoms with Crippen molar-refractivity contribution in [1.82, 2.24) is 15.5 Å². The number of hydrogen-bond acceptors (Lipinski definition) is 9. The molecule has 1 saturated heterocycles. The van der Waals surface area contributed by atoms with Crippen LogP contribution in [0.5, 0.6) is 5.75 Å². The number of imide groups is 2. The second-order valence-corrected chi connectivity index (χ2v) is 13.1. The molecule has 0 radical (unpaired) electrons. The maximum Gasteiger partial charge on any atom is 0.262 e. The molecule has 50 heavy (non-hydrogen) atoms. The van der Waals surface area contributed by atoms with Gasteiger partial charge in [0.15, 0.2) is 0 Å². The summed E-state index contributed by atoms with van der Waals surface area (Å²) in [5.41, 5.74) is 3.12. The van der Waals surface area contributed by atoms with E-state index in [9.17, 15) is 24.0 Å². The third kappa shape index (κ3) is 7.90. The first kappa shape index (κ1) is 34.5. The molecule has 1 aliphatic carbocycles. The molecular formula is C37H37ClN6O6. The van der Waals surface area contributed by atoms with Gasteiger partial charge in [-0.05, 0) is 99.5 Å². The number of amides is 5. The quantitative estimate of drug-likeness (QED) is 0.150. The van der Waals surface area contributed by atoms with Gasteiger partial charge in [0.2, 0.25) is 11.8 Å². The molecule has 0 spiro atoms. The highest BCUT2D eigenvalue weighted by molar-refractivity contribution is 6.31. The molecule has 2 aliphatic heterocycles. The van der Waals surface area contributed by atoms with Crippen LogP contribution in [0.15, 0.2) is 60.7 Å². The summed E-state index contributed by atoms with van der Waals surface area (Å²) in [5, 5.41) is 21.4. The van der Waals surface area contributed by atoms with Crippen molar-refractivity contribution >= 4 is 52.5 Å². The highest BCUT2D eigenvalue weighted by Gasteiger charge is 2.44. The average molecular weight is 697 g/mol. The number of halogens is 1.